The number of amides is 1. The summed E-state index contributed by atoms with van der Waals surface area (Å²) >= 11 is 3.45. The first-order valence-electron chi connectivity index (χ1n) is 6.04. The van der Waals surface area contributed by atoms with Gasteiger partial charge in [0.1, 0.15) is 0 Å². The van der Waals surface area contributed by atoms with Crippen LogP contribution in [0.25, 0.3) is 0 Å². The zero-order chi connectivity index (χ0) is 12.7. The van der Waals surface area contributed by atoms with Crippen molar-refractivity contribution in [3.8, 4) is 0 Å². The number of carbonyl (C=O) groups is 1. The van der Waals surface area contributed by atoms with Gasteiger partial charge in [0.05, 0.1) is 0 Å². The fourth-order valence-electron chi connectivity index (χ4n) is 1.62. The molecule has 17 heavy (non-hydrogen) atoms. The third-order valence-corrected chi connectivity index (χ3v) is 3.81. The van der Waals surface area contributed by atoms with Gasteiger partial charge in [-0.2, -0.15) is 0 Å². The Morgan fingerprint density at radius 1 is 1.47 bits per heavy atom. The highest BCUT2D eigenvalue weighted by Gasteiger charge is 2.05. The predicted molar refractivity (Wildman–Crippen MR) is 75.7 cm³/mol. The van der Waals surface area contributed by atoms with E-state index in [1.165, 1.54) is 0 Å². The van der Waals surface area contributed by atoms with E-state index in [1.807, 2.05) is 31.2 Å². The van der Waals surface area contributed by atoms with Crippen LogP contribution in [0.2, 0.25) is 0 Å². The second-order valence-corrected chi connectivity index (χ2v) is 5.17. The minimum Gasteiger partial charge on any atom is -0.352 e. The molecular formula is C14H20BrNO. The molecule has 0 spiro atoms. The Kier molecular flexibility index (Phi) is 6.27. The second-order valence-electron chi connectivity index (χ2n) is 4.53. The smallest absolute Gasteiger partial charge is 0.251 e. The number of aryl methyl sites for hydroxylation is 1. The molecule has 1 aromatic carbocycles. The predicted octanol–water partition coefficient (Wildman–Crippen LogP) is 3.54. The number of benzene rings is 1. The van der Waals surface area contributed by atoms with Crippen molar-refractivity contribution in [1.82, 2.24) is 5.32 Å². The molecule has 0 fully saturated rings. The van der Waals surface area contributed by atoms with Crippen molar-refractivity contribution in [2.45, 2.75) is 26.7 Å². The molecule has 0 heterocycles. The van der Waals surface area contributed by atoms with Crippen molar-refractivity contribution in [3.63, 3.8) is 0 Å². The minimum atomic E-state index is 0.0280. The third-order valence-electron chi connectivity index (χ3n) is 2.70. The van der Waals surface area contributed by atoms with Crippen molar-refractivity contribution in [1.29, 1.82) is 0 Å². The monoisotopic (exact) mass is 297 g/mol. The fraction of sp³-hybridized carbons (Fsp3) is 0.500. The zero-order valence-corrected chi connectivity index (χ0v) is 12.1. The molecule has 0 aliphatic carbocycles. The van der Waals surface area contributed by atoms with Gasteiger partial charge in [-0.25, -0.2) is 0 Å². The summed E-state index contributed by atoms with van der Waals surface area (Å²) in [5.41, 5.74) is 1.86. The summed E-state index contributed by atoms with van der Waals surface area (Å²) in [6.07, 6.45) is 2.17. The molecule has 94 valence electrons. The van der Waals surface area contributed by atoms with E-state index in [0.29, 0.717) is 5.92 Å². The van der Waals surface area contributed by atoms with E-state index in [2.05, 4.69) is 28.2 Å². The summed E-state index contributed by atoms with van der Waals surface area (Å²) in [7, 11) is 0. The minimum absolute atomic E-state index is 0.0280. The van der Waals surface area contributed by atoms with Gasteiger partial charge in [0.15, 0.2) is 0 Å². The van der Waals surface area contributed by atoms with Gasteiger partial charge in [-0.1, -0.05) is 40.5 Å². The van der Waals surface area contributed by atoms with Crippen LogP contribution in [-0.4, -0.2) is 17.8 Å². The number of hydrogen-bond acceptors (Lipinski definition) is 1. The summed E-state index contributed by atoms with van der Waals surface area (Å²) in [5.74, 6) is 0.700. The average Bonchev–Trinajstić information content (AvgIpc) is 2.34. The van der Waals surface area contributed by atoms with Crippen molar-refractivity contribution in [3.05, 3.63) is 35.4 Å². The first-order chi connectivity index (χ1) is 8.13. The van der Waals surface area contributed by atoms with Crippen LogP contribution in [0.5, 0.6) is 0 Å². The Bertz CT molecular complexity index is 365. The first kappa shape index (κ1) is 14.2. The molecule has 0 radical (unpaired) electrons. The lowest BCUT2D eigenvalue weighted by molar-refractivity contribution is 0.0952. The normalized spacial score (nSPS) is 12.2. The van der Waals surface area contributed by atoms with Crippen LogP contribution in [0.1, 0.15) is 35.7 Å². The molecule has 1 rings (SSSR count). The molecule has 0 aliphatic rings. The standard InChI is InChI=1S/C14H20BrNO/c1-11-5-3-7-13(9-11)14(17)16-8-4-6-12(2)10-15/h3,5,7,9,12H,4,6,8,10H2,1-2H3,(H,16,17). The summed E-state index contributed by atoms with van der Waals surface area (Å²) in [5, 5.41) is 3.98. The highest BCUT2D eigenvalue weighted by molar-refractivity contribution is 9.09. The van der Waals surface area contributed by atoms with Gasteiger partial charge in [0.25, 0.3) is 5.91 Å². The lowest BCUT2D eigenvalue weighted by atomic mass is 10.1. The lowest BCUT2D eigenvalue weighted by Crippen LogP contribution is -2.24. The molecule has 1 amide bonds. The van der Waals surface area contributed by atoms with Gasteiger partial charge in [-0.15, -0.1) is 0 Å². The van der Waals surface area contributed by atoms with Gasteiger partial charge in [-0.05, 0) is 37.8 Å². The fourth-order valence-corrected chi connectivity index (χ4v) is 1.94. The third kappa shape index (κ3) is 5.35. The zero-order valence-electron chi connectivity index (χ0n) is 10.5. The maximum atomic E-state index is 11.8. The van der Waals surface area contributed by atoms with Gasteiger partial charge >= 0.3 is 0 Å². The van der Waals surface area contributed by atoms with E-state index < -0.39 is 0 Å². The highest BCUT2D eigenvalue weighted by atomic mass is 79.9. The van der Waals surface area contributed by atoms with Crippen molar-refractivity contribution < 1.29 is 4.79 Å². The van der Waals surface area contributed by atoms with E-state index in [-0.39, 0.29) is 5.91 Å². The van der Waals surface area contributed by atoms with Crippen LogP contribution in [0, 0.1) is 12.8 Å². The van der Waals surface area contributed by atoms with Gasteiger partial charge in [0, 0.05) is 17.4 Å². The van der Waals surface area contributed by atoms with Crippen molar-refractivity contribution in [2.75, 3.05) is 11.9 Å². The average molecular weight is 298 g/mol. The molecule has 2 nitrogen and oxygen atoms in total. The lowest BCUT2D eigenvalue weighted by Gasteiger charge is -2.08. The van der Waals surface area contributed by atoms with Crippen LogP contribution in [0.4, 0.5) is 0 Å². The molecule has 1 aromatic rings. The summed E-state index contributed by atoms with van der Waals surface area (Å²) in [6.45, 7) is 4.95. The quantitative estimate of drug-likeness (QED) is 0.631. The number of alkyl halides is 1. The SMILES string of the molecule is Cc1cccc(C(=O)NCCCC(C)CBr)c1. The number of hydrogen-bond donors (Lipinski definition) is 1. The van der Waals surface area contributed by atoms with Crippen LogP contribution in [0.3, 0.4) is 0 Å². The number of rotatable bonds is 6. The topological polar surface area (TPSA) is 29.1 Å². The largest absolute Gasteiger partial charge is 0.352 e. The first-order valence-corrected chi connectivity index (χ1v) is 7.16. The van der Waals surface area contributed by atoms with E-state index in [9.17, 15) is 4.79 Å². The maximum absolute atomic E-state index is 11.8. The van der Waals surface area contributed by atoms with Gasteiger partial charge in [0.2, 0.25) is 0 Å². The van der Waals surface area contributed by atoms with Crippen LogP contribution in [0.15, 0.2) is 24.3 Å². The second kappa shape index (κ2) is 7.49. The van der Waals surface area contributed by atoms with E-state index >= 15 is 0 Å². The molecule has 0 saturated carbocycles. The summed E-state index contributed by atoms with van der Waals surface area (Å²) in [4.78, 5) is 11.8. The van der Waals surface area contributed by atoms with Crippen molar-refractivity contribution >= 4 is 21.8 Å². The van der Waals surface area contributed by atoms with Crippen LogP contribution < -0.4 is 5.32 Å². The summed E-state index contributed by atoms with van der Waals surface area (Å²) < 4.78 is 0. The van der Waals surface area contributed by atoms with Crippen molar-refractivity contribution in [2.24, 2.45) is 5.92 Å². The van der Waals surface area contributed by atoms with E-state index in [0.717, 1.165) is 35.8 Å². The van der Waals surface area contributed by atoms with Crippen LogP contribution in [-0.2, 0) is 0 Å². The maximum Gasteiger partial charge on any atom is 0.251 e. The number of nitrogens with one attached hydrogen (secondary N) is 1. The Morgan fingerprint density at radius 2 is 2.24 bits per heavy atom. The molecule has 1 N–H and O–H groups in total. The molecule has 1 unspecified atom stereocenters. The van der Waals surface area contributed by atoms with Gasteiger partial charge < -0.3 is 5.32 Å². The molecule has 3 heteroatoms. The Morgan fingerprint density at radius 3 is 2.88 bits per heavy atom. The Hall–Kier alpha value is -0.830. The molecular weight excluding hydrogens is 278 g/mol. The molecule has 0 bridgehead atoms. The number of carbonyl (C=O) groups excluding carboxylic acids is 1. The summed E-state index contributed by atoms with van der Waals surface area (Å²) in [6, 6.07) is 7.67. The molecule has 0 saturated heterocycles. The molecule has 0 aliphatic heterocycles. The van der Waals surface area contributed by atoms with E-state index in [1.54, 1.807) is 0 Å². The molecule has 1 atom stereocenters. The van der Waals surface area contributed by atoms with E-state index in [4.69, 9.17) is 0 Å². The Labute approximate surface area is 112 Å². The van der Waals surface area contributed by atoms with Crippen LogP contribution >= 0.6 is 15.9 Å². The van der Waals surface area contributed by atoms with Gasteiger partial charge in [-0.3, -0.25) is 4.79 Å². The highest BCUT2D eigenvalue weighted by Crippen LogP contribution is 2.08. The number of halogens is 1. The molecule has 0 aromatic heterocycles. The Balaban J connectivity index is 2.30.